The highest BCUT2D eigenvalue weighted by molar-refractivity contribution is 7.12. The number of benzene rings is 1. The molecule has 3 nitrogen and oxygen atoms in total. The third-order valence-corrected chi connectivity index (χ3v) is 3.58. The molecule has 2 aromatic rings. The van der Waals surface area contributed by atoms with Crippen LogP contribution in [0.15, 0.2) is 29.8 Å². The van der Waals surface area contributed by atoms with Crippen molar-refractivity contribution in [1.82, 2.24) is 4.98 Å². The first-order chi connectivity index (χ1) is 10.2. The van der Waals surface area contributed by atoms with Crippen molar-refractivity contribution in [2.45, 2.75) is 12.1 Å². The molecular formula is C13H8F5NO2S. The van der Waals surface area contributed by atoms with E-state index in [2.05, 4.69) is 4.98 Å². The van der Waals surface area contributed by atoms with Gasteiger partial charge in [-0.25, -0.2) is 4.98 Å². The van der Waals surface area contributed by atoms with Gasteiger partial charge in [0.15, 0.2) is 0 Å². The van der Waals surface area contributed by atoms with Crippen molar-refractivity contribution in [2.75, 3.05) is 7.11 Å². The molecule has 1 heterocycles. The van der Waals surface area contributed by atoms with Crippen LogP contribution < -0.4 is 4.74 Å². The van der Waals surface area contributed by atoms with Gasteiger partial charge in [0.05, 0.1) is 12.6 Å². The Morgan fingerprint density at radius 1 is 1.23 bits per heavy atom. The van der Waals surface area contributed by atoms with Gasteiger partial charge in [-0.15, -0.1) is 11.3 Å². The zero-order chi connectivity index (χ0) is 16.5. The molecule has 0 amide bonds. The second kappa shape index (κ2) is 5.64. The quantitative estimate of drug-likeness (QED) is 0.624. The van der Waals surface area contributed by atoms with Crippen molar-refractivity contribution in [2.24, 2.45) is 0 Å². The largest absolute Gasteiger partial charge is 0.497 e. The standard InChI is InChI=1S/C13H8F5NO2S/c1-21-8-4-2-3-7(5-8)9(20)10-11(19-6-22-10)12(14,15)13(16,17)18/h2-6H,1H3. The normalized spacial score (nSPS) is 12.3. The molecule has 0 N–H and O–H groups in total. The van der Waals surface area contributed by atoms with Crippen LogP contribution in [0.3, 0.4) is 0 Å². The molecule has 0 aliphatic carbocycles. The summed E-state index contributed by atoms with van der Waals surface area (Å²) < 4.78 is 69.1. The number of carbonyl (C=O) groups is 1. The number of nitrogens with zero attached hydrogens (tertiary/aromatic N) is 1. The summed E-state index contributed by atoms with van der Waals surface area (Å²) >= 11 is 0.427. The summed E-state index contributed by atoms with van der Waals surface area (Å²) in [5.41, 5.74) is -0.872. The third kappa shape index (κ3) is 2.80. The van der Waals surface area contributed by atoms with Gasteiger partial charge in [0.25, 0.3) is 0 Å². The molecule has 0 radical (unpaired) electrons. The third-order valence-electron chi connectivity index (χ3n) is 2.76. The number of carbonyl (C=O) groups excluding carboxylic acids is 1. The molecule has 1 aromatic heterocycles. The Morgan fingerprint density at radius 3 is 2.50 bits per heavy atom. The number of alkyl halides is 5. The highest BCUT2D eigenvalue weighted by Gasteiger charge is 2.61. The van der Waals surface area contributed by atoms with Gasteiger partial charge in [0.1, 0.15) is 16.3 Å². The first-order valence-electron chi connectivity index (χ1n) is 5.75. The molecule has 22 heavy (non-hydrogen) atoms. The number of hydrogen-bond acceptors (Lipinski definition) is 4. The number of methoxy groups -OCH3 is 1. The van der Waals surface area contributed by atoms with E-state index < -0.39 is 28.5 Å². The molecule has 0 fully saturated rings. The molecule has 1 aromatic carbocycles. The Kier molecular flexibility index (Phi) is 4.19. The first-order valence-corrected chi connectivity index (χ1v) is 6.63. The Labute approximate surface area is 125 Å². The second-order valence-corrected chi connectivity index (χ2v) is 5.02. The van der Waals surface area contributed by atoms with E-state index in [1.807, 2.05) is 0 Å². The lowest BCUT2D eigenvalue weighted by atomic mass is 10.1. The Bertz CT molecular complexity index is 696. The molecule has 0 atom stereocenters. The van der Waals surface area contributed by atoms with Crippen LogP contribution in [0, 0.1) is 0 Å². The highest BCUT2D eigenvalue weighted by atomic mass is 32.1. The number of thiazole rings is 1. The number of ketones is 1. The maximum absolute atomic E-state index is 13.4. The molecule has 0 saturated carbocycles. The molecule has 2 rings (SSSR count). The molecule has 0 unspecified atom stereocenters. The average molecular weight is 337 g/mol. The van der Waals surface area contributed by atoms with Gasteiger partial charge in [-0.3, -0.25) is 4.79 Å². The van der Waals surface area contributed by atoms with Crippen LogP contribution in [-0.4, -0.2) is 24.1 Å². The van der Waals surface area contributed by atoms with Crippen molar-refractivity contribution in [3.8, 4) is 5.75 Å². The topological polar surface area (TPSA) is 39.2 Å². The van der Waals surface area contributed by atoms with E-state index in [9.17, 15) is 26.7 Å². The predicted octanol–water partition coefficient (Wildman–Crippen LogP) is 4.04. The fraction of sp³-hybridized carbons (Fsp3) is 0.231. The van der Waals surface area contributed by atoms with Gasteiger partial charge >= 0.3 is 12.1 Å². The fourth-order valence-corrected chi connectivity index (χ4v) is 2.44. The molecule has 9 heteroatoms. The second-order valence-electron chi connectivity index (χ2n) is 4.16. The summed E-state index contributed by atoms with van der Waals surface area (Å²) in [6, 6.07) is 5.47. The van der Waals surface area contributed by atoms with Gasteiger partial charge in [0.2, 0.25) is 5.78 Å². The zero-order valence-electron chi connectivity index (χ0n) is 10.9. The number of halogens is 5. The van der Waals surface area contributed by atoms with Crippen molar-refractivity contribution >= 4 is 17.1 Å². The number of hydrogen-bond donors (Lipinski definition) is 0. The van der Waals surface area contributed by atoms with Crippen molar-refractivity contribution < 1.29 is 31.5 Å². The van der Waals surface area contributed by atoms with Crippen LogP contribution in [0.5, 0.6) is 5.75 Å². The number of aromatic nitrogens is 1. The summed E-state index contributed by atoms with van der Waals surface area (Å²) in [6.07, 6.45) is -5.83. The lowest BCUT2D eigenvalue weighted by Crippen LogP contribution is -2.35. The van der Waals surface area contributed by atoms with E-state index in [0.717, 1.165) is 5.51 Å². The Balaban J connectivity index is 2.47. The minimum absolute atomic E-state index is 0.0668. The van der Waals surface area contributed by atoms with Gasteiger partial charge in [-0.05, 0) is 12.1 Å². The summed E-state index contributed by atoms with van der Waals surface area (Å²) in [4.78, 5) is 14.5. The van der Waals surface area contributed by atoms with Crippen LogP contribution in [0.25, 0.3) is 0 Å². The Hall–Kier alpha value is -2.03. The monoisotopic (exact) mass is 337 g/mol. The average Bonchev–Trinajstić information content (AvgIpc) is 2.95. The SMILES string of the molecule is COc1cccc(C(=O)c2scnc2C(F)(F)C(F)(F)F)c1. The van der Waals surface area contributed by atoms with Gasteiger partial charge in [-0.1, -0.05) is 12.1 Å². The maximum Gasteiger partial charge on any atom is 0.459 e. The van der Waals surface area contributed by atoms with Gasteiger partial charge < -0.3 is 4.74 Å². The van der Waals surface area contributed by atoms with Gasteiger partial charge in [-0.2, -0.15) is 22.0 Å². The molecule has 0 bridgehead atoms. The predicted molar refractivity (Wildman–Crippen MR) is 68.5 cm³/mol. The van der Waals surface area contributed by atoms with Crippen LogP contribution in [0.4, 0.5) is 22.0 Å². The van der Waals surface area contributed by atoms with Crippen molar-refractivity contribution in [3.63, 3.8) is 0 Å². The van der Waals surface area contributed by atoms with Crippen molar-refractivity contribution in [1.29, 1.82) is 0 Å². The zero-order valence-corrected chi connectivity index (χ0v) is 11.8. The highest BCUT2D eigenvalue weighted by Crippen LogP contribution is 2.45. The molecule has 118 valence electrons. The van der Waals surface area contributed by atoms with E-state index in [4.69, 9.17) is 4.74 Å². The van der Waals surface area contributed by atoms with E-state index in [-0.39, 0.29) is 11.3 Å². The molecule has 0 aliphatic heterocycles. The minimum atomic E-state index is -5.83. The van der Waals surface area contributed by atoms with Crippen molar-refractivity contribution in [3.05, 3.63) is 45.9 Å². The number of rotatable bonds is 4. The summed E-state index contributed by atoms with van der Waals surface area (Å²) in [7, 11) is 1.33. The minimum Gasteiger partial charge on any atom is -0.497 e. The number of ether oxygens (including phenoxy) is 1. The summed E-state index contributed by atoms with van der Waals surface area (Å²) in [5, 5.41) is 0. The lowest BCUT2D eigenvalue weighted by Gasteiger charge is -2.18. The summed E-state index contributed by atoms with van der Waals surface area (Å²) in [5.74, 6) is -5.89. The molecular weight excluding hydrogens is 329 g/mol. The lowest BCUT2D eigenvalue weighted by molar-refractivity contribution is -0.290. The van der Waals surface area contributed by atoms with E-state index in [0.29, 0.717) is 11.3 Å². The van der Waals surface area contributed by atoms with Crippen LogP contribution in [-0.2, 0) is 5.92 Å². The summed E-state index contributed by atoms with van der Waals surface area (Å²) in [6.45, 7) is 0. The molecule has 0 spiro atoms. The maximum atomic E-state index is 13.4. The Morgan fingerprint density at radius 2 is 1.91 bits per heavy atom. The smallest absolute Gasteiger partial charge is 0.459 e. The van der Waals surface area contributed by atoms with E-state index >= 15 is 0 Å². The van der Waals surface area contributed by atoms with Gasteiger partial charge in [0, 0.05) is 5.56 Å². The molecule has 0 saturated heterocycles. The van der Waals surface area contributed by atoms with Crippen LogP contribution in [0.1, 0.15) is 20.9 Å². The van der Waals surface area contributed by atoms with Crippen LogP contribution in [0.2, 0.25) is 0 Å². The molecule has 0 aliphatic rings. The van der Waals surface area contributed by atoms with E-state index in [1.54, 1.807) is 0 Å². The fourth-order valence-electron chi connectivity index (χ4n) is 1.66. The van der Waals surface area contributed by atoms with Crippen LogP contribution >= 0.6 is 11.3 Å². The first kappa shape index (κ1) is 16.3. The van der Waals surface area contributed by atoms with E-state index in [1.165, 1.54) is 31.4 Å².